The molecule has 0 spiro atoms. The molecule has 1 amide bonds. The van der Waals surface area contributed by atoms with Gasteiger partial charge in [-0.2, -0.15) is 21.5 Å². The fourth-order valence-corrected chi connectivity index (χ4v) is 3.98. The summed E-state index contributed by atoms with van der Waals surface area (Å²) in [5, 5.41) is 23.3. The number of nitrogens with zero attached hydrogens (tertiary/aromatic N) is 5. The van der Waals surface area contributed by atoms with E-state index in [1.807, 2.05) is 32.5 Å². The first-order valence-corrected chi connectivity index (χ1v) is 9.57. The van der Waals surface area contributed by atoms with Crippen molar-refractivity contribution < 1.29 is 9.90 Å². The highest BCUT2D eigenvalue weighted by Gasteiger charge is 2.24. The van der Waals surface area contributed by atoms with E-state index in [1.54, 1.807) is 35.3 Å². The zero-order valence-electron chi connectivity index (χ0n) is 14.6. The van der Waals surface area contributed by atoms with Crippen LogP contribution in [-0.2, 0) is 31.4 Å². The second-order valence-corrected chi connectivity index (χ2v) is 7.32. The summed E-state index contributed by atoms with van der Waals surface area (Å²) in [6, 6.07) is 5.67. The second-order valence-electron chi connectivity index (χ2n) is 6.54. The summed E-state index contributed by atoms with van der Waals surface area (Å²) in [6.07, 6.45) is 2.12. The summed E-state index contributed by atoms with van der Waals surface area (Å²) in [4.78, 5) is 14.5. The number of fused-ring (bicyclic) bond motifs is 1. The number of aryl methyl sites for hydroxylation is 2. The fraction of sp³-hybridized carbons (Fsp3) is 0.389. The van der Waals surface area contributed by atoms with Crippen molar-refractivity contribution in [2.75, 3.05) is 6.54 Å². The summed E-state index contributed by atoms with van der Waals surface area (Å²) in [6.45, 7) is 2.00. The maximum Gasteiger partial charge on any atom is 0.227 e. The van der Waals surface area contributed by atoms with Gasteiger partial charge >= 0.3 is 0 Å². The van der Waals surface area contributed by atoms with Crippen molar-refractivity contribution in [3.8, 4) is 0 Å². The molecular weight excluding hydrogens is 350 g/mol. The Labute approximate surface area is 155 Å². The van der Waals surface area contributed by atoms with Gasteiger partial charge in [0.05, 0.1) is 30.0 Å². The molecule has 1 atom stereocenters. The molecule has 4 heterocycles. The molecule has 0 saturated carbocycles. The number of hydrogen-bond donors (Lipinski definition) is 1. The van der Waals surface area contributed by atoms with E-state index in [9.17, 15) is 9.90 Å². The molecule has 0 bridgehead atoms. The maximum absolute atomic E-state index is 12.6. The van der Waals surface area contributed by atoms with E-state index in [1.165, 1.54) is 0 Å². The van der Waals surface area contributed by atoms with E-state index >= 15 is 0 Å². The third kappa shape index (κ3) is 3.30. The molecule has 4 rings (SSSR count). The first-order valence-electron chi connectivity index (χ1n) is 8.63. The highest BCUT2D eigenvalue weighted by atomic mass is 32.1. The number of aromatic nitrogens is 4. The quantitative estimate of drug-likeness (QED) is 0.758. The smallest absolute Gasteiger partial charge is 0.227 e. The van der Waals surface area contributed by atoms with Crippen molar-refractivity contribution in [1.29, 1.82) is 0 Å². The molecule has 0 fully saturated rings. The van der Waals surface area contributed by atoms with E-state index in [0.717, 1.165) is 30.8 Å². The number of aliphatic hydroxyl groups is 1. The van der Waals surface area contributed by atoms with Crippen molar-refractivity contribution in [3.63, 3.8) is 0 Å². The molecule has 3 aromatic rings. The van der Waals surface area contributed by atoms with Gasteiger partial charge in [0.25, 0.3) is 0 Å². The molecule has 7 nitrogen and oxygen atoms in total. The summed E-state index contributed by atoms with van der Waals surface area (Å²) in [5.74, 6) is 0.131. The fourth-order valence-electron chi connectivity index (χ4n) is 3.31. The summed E-state index contributed by atoms with van der Waals surface area (Å²) in [7, 11) is 1.80. The number of carbonyl (C=O) groups excluding carboxylic acids is 1. The number of rotatable bonds is 4. The molecule has 1 aliphatic rings. The van der Waals surface area contributed by atoms with Crippen LogP contribution in [0.5, 0.6) is 0 Å². The number of thiophene rings is 1. The molecule has 0 aliphatic carbocycles. The largest absolute Gasteiger partial charge is 0.380 e. The van der Waals surface area contributed by atoms with Crippen LogP contribution in [0.25, 0.3) is 0 Å². The van der Waals surface area contributed by atoms with Crippen LogP contribution in [-0.4, -0.2) is 42.0 Å². The Morgan fingerprint density at radius 2 is 2.27 bits per heavy atom. The Hall–Kier alpha value is -2.45. The molecule has 0 aromatic carbocycles. The van der Waals surface area contributed by atoms with Gasteiger partial charge in [-0.1, -0.05) is 0 Å². The lowest BCUT2D eigenvalue weighted by Crippen LogP contribution is -2.31. The number of carbonyl (C=O) groups is 1. The third-order valence-corrected chi connectivity index (χ3v) is 5.47. The van der Waals surface area contributed by atoms with Crippen molar-refractivity contribution >= 4 is 17.2 Å². The Balaban J connectivity index is 1.52. The number of amides is 1. The van der Waals surface area contributed by atoms with Gasteiger partial charge in [0.15, 0.2) is 0 Å². The SMILES string of the molecule is Cn1nccc1[C@@H](O)c1cc2n(n1)CCCN(C(=O)Cc1ccsc1)C2. The molecule has 136 valence electrons. The van der Waals surface area contributed by atoms with Crippen LogP contribution in [0.3, 0.4) is 0 Å². The van der Waals surface area contributed by atoms with Gasteiger partial charge in [0.1, 0.15) is 6.10 Å². The van der Waals surface area contributed by atoms with E-state index in [0.29, 0.717) is 24.4 Å². The Morgan fingerprint density at radius 1 is 1.38 bits per heavy atom. The van der Waals surface area contributed by atoms with Crippen LogP contribution in [0, 0.1) is 0 Å². The molecule has 1 aliphatic heterocycles. The standard InChI is InChI=1S/C18H21N5O2S/c1-21-16(3-5-19-21)18(25)15-10-14-11-22(6-2-7-23(14)20-15)17(24)9-13-4-8-26-12-13/h3-5,8,10,12,18,25H,2,6-7,9,11H2,1H3/t18-/m0/s1. The summed E-state index contributed by atoms with van der Waals surface area (Å²) >= 11 is 1.61. The Bertz CT molecular complexity index is 899. The molecule has 0 unspecified atom stereocenters. The zero-order chi connectivity index (χ0) is 18.1. The van der Waals surface area contributed by atoms with Crippen molar-refractivity contribution in [2.24, 2.45) is 7.05 Å². The van der Waals surface area contributed by atoms with Gasteiger partial charge in [0.2, 0.25) is 5.91 Å². The first kappa shape index (κ1) is 17.0. The average Bonchev–Trinajstić information content (AvgIpc) is 3.34. The summed E-state index contributed by atoms with van der Waals surface area (Å²) in [5.41, 5.74) is 3.31. The van der Waals surface area contributed by atoms with Crippen LogP contribution in [0.4, 0.5) is 0 Å². The molecule has 3 aromatic heterocycles. The lowest BCUT2D eigenvalue weighted by molar-refractivity contribution is -0.131. The zero-order valence-corrected chi connectivity index (χ0v) is 15.4. The van der Waals surface area contributed by atoms with Gasteiger partial charge in [-0.25, -0.2) is 0 Å². The van der Waals surface area contributed by atoms with Crippen LogP contribution in [0.15, 0.2) is 35.2 Å². The van der Waals surface area contributed by atoms with Crippen molar-refractivity contribution in [1.82, 2.24) is 24.5 Å². The highest BCUT2D eigenvalue weighted by molar-refractivity contribution is 7.08. The van der Waals surface area contributed by atoms with Gasteiger partial charge in [-0.15, -0.1) is 0 Å². The molecular formula is C18H21N5O2S. The number of aliphatic hydroxyl groups excluding tert-OH is 1. The minimum absolute atomic E-state index is 0.131. The van der Waals surface area contributed by atoms with Gasteiger partial charge < -0.3 is 10.0 Å². The van der Waals surface area contributed by atoms with E-state index in [2.05, 4.69) is 10.2 Å². The lowest BCUT2D eigenvalue weighted by Gasteiger charge is -2.19. The first-order chi connectivity index (χ1) is 12.6. The maximum atomic E-state index is 12.6. The minimum atomic E-state index is -0.822. The van der Waals surface area contributed by atoms with E-state index in [-0.39, 0.29) is 5.91 Å². The topological polar surface area (TPSA) is 76.2 Å². The third-order valence-electron chi connectivity index (χ3n) is 4.74. The van der Waals surface area contributed by atoms with Crippen LogP contribution < -0.4 is 0 Å². The average molecular weight is 371 g/mol. The normalized spacial score (nSPS) is 15.5. The van der Waals surface area contributed by atoms with Crippen molar-refractivity contribution in [2.45, 2.75) is 32.0 Å². The second kappa shape index (κ2) is 7.05. The molecule has 0 radical (unpaired) electrons. The van der Waals surface area contributed by atoms with Gasteiger partial charge in [-0.05, 0) is 40.9 Å². The lowest BCUT2D eigenvalue weighted by atomic mass is 10.1. The highest BCUT2D eigenvalue weighted by Crippen LogP contribution is 2.23. The van der Waals surface area contributed by atoms with E-state index < -0.39 is 6.10 Å². The molecule has 0 saturated heterocycles. The van der Waals surface area contributed by atoms with Crippen LogP contribution in [0.1, 0.15) is 35.2 Å². The molecule has 1 N–H and O–H groups in total. The summed E-state index contributed by atoms with van der Waals surface area (Å²) < 4.78 is 3.55. The predicted molar refractivity (Wildman–Crippen MR) is 97.6 cm³/mol. The number of hydrogen-bond acceptors (Lipinski definition) is 5. The van der Waals surface area contributed by atoms with Crippen molar-refractivity contribution in [3.05, 3.63) is 57.8 Å². The Kier molecular flexibility index (Phi) is 4.60. The van der Waals surface area contributed by atoms with Crippen LogP contribution in [0.2, 0.25) is 0 Å². The van der Waals surface area contributed by atoms with Crippen LogP contribution >= 0.6 is 11.3 Å². The van der Waals surface area contributed by atoms with E-state index in [4.69, 9.17) is 0 Å². The Morgan fingerprint density at radius 3 is 3.00 bits per heavy atom. The molecule has 26 heavy (non-hydrogen) atoms. The molecule has 8 heteroatoms. The monoisotopic (exact) mass is 371 g/mol. The minimum Gasteiger partial charge on any atom is -0.380 e. The predicted octanol–water partition coefficient (Wildman–Crippen LogP) is 1.73. The van der Waals surface area contributed by atoms with Gasteiger partial charge in [-0.3, -0.25) is 14.2 Å². The van der Waals surface area contributed by atoms with Gasteiger partial charge in [0, 0.05) is 26.3 Å².